The molecule has 1 fully saturated rings. The molecule has 0 spiro atoms. The third-order valence-electron chi connectivity index (χ3n) is 4.74. The molecule has 0 radical (unpaired) electrons. The minimum atomic E-state index is -0.0519. The van der Waals surface area contributed by atoms with Crippen LogP contribution in [0.25, 0.3) is 0 Å². The number of Topliss-reactive ketones (excluding diaryl/α,β-unsaturated/α-hetero) is 1. The first-order valence-electron chi connectivity index (χ1n) is 8.61. The number of aryl methyl sites for hydroxylation is 2. The molecule has 1 saturated carbocycles. The number of halogens is 1. The Hall–Kier alpha value is -0.910. The van der Waals surface area contributed by atoms with Crippen molar-refractivity contribution in [3.05, 3.63) is 21.4 Å². The van der Waals surface area contributed by atoms with Crippen LogP contribution in [0.3, 0.4) is 0 Å². The monoisotopic (exact) mass is 372 g/mol. The quantitative estimate of drug-likeness (QED) is 0.715. The fourth-order valence-corrected chi connectivity index (χ4v) is 4.40. The zero-order valence-corrected chi connectivity index (χ0v) is 16.2. The molecule has 24 heavy (non-hydrogen) atoms. The average molecular weight is 373 g/mol. The maximum Gasteiger partial charge on any atom is 0.220 e. The van der Waals surface area contributed by atoms with Crippen LogP contribution in [-0.4, -0.2) is 24.3 Å². The lowest BCUT2D eigenvalue weighted by Crippen LogP contribution is -2.45. The maximum absolute atomic E-state index is 12.2. The van der Waals surface area contributed by atoms with Gasteiger partial charge in [0.2, 0.25) is 5.91 Å². The Morgan fingerprint density at radius 1 is 1.25 bits per heavy atom. The summed E-state index contributed by atoms with van der Waals surface area (Å²) in [6, 6.07) is 1.98. The summed E-state index contributed by atoms with van der Waals surface area (Å²) in [6.07, 6.45) is 6.55. The van der Waals surface area contributed by atoms with Crippen molar-refractivity contribution < 1.29 is 9.59 Å². The number of carbonyl (C=O) groups excluding carboxylic acids is 2. The molecule has 3 N–H and O–H groups in total. The molecule has 1 atom stereocenters. The first kappa shape index (κ1) is 21.1. The van der Waals surface area contributed by atoms with Gasteiger partial charge < -0.3 is 11.1 Å². The van der Waals surface area contributed by atoms with Gasteiger partial charge in [0.1, 0.15) is 0 Å². The van der Waals surface area contributed by atoms with Gasteiger partial charge in [-0.25, -0.2) is 0 Å². The topological polar surface area (TPSA) is 72.2 Å². The Morgan fingerprint density at radius 2 is 1.92 bits per heavy atom. The number of thiophene rings is 1. The standard InChI is InChI=1S/C18H28N2O2S.ClH/c1-12-10-15(13(2)23-12)17(21)8-9-18(22)20-16(11-19)14-6-4-3-5-7-14;/h10,14,16H,3-9,11,19H2,1-2H3,(H,20,22);1H. The lowest BCUT2D eigenvalue weighted by Gasteiger charge is -2.30. The van der Waals surface area contributed by atoms with Gasteiger partial charge in [-0.05, 0) is 38.7 Å². The van der Waals surface area contributed by atoms with E-state index in [4.69, 9.17) is 5.73 Å². The van der Waals surface area contributed by atoms with Crippen LogP contribution in [0.2, 0.25) is 0 Å². The first-order chi connectivity index (χ1) is 11.0. The van der Waals surface area contributed by atoms with Gasteiger partial charge in [-0.1, -0.05) is 19.3 Å². The van der Waals surface area contributed by atoms with E-state index in [1.54, 1.807) is 11.3 Å². The summed E-state index contributed by atoms with van der Waals surface area (Å²) in [5, 5.41) is 3.05. The molecule has 6 heteroatoms. The zero-order valence-electron chi connectivity index (χ0n) is 14.6. The number of nitrogens with one attached hydrogen (secondary N) is 1. The van der Waals surface area contributed by atoms with Crippen molar-refractivity contribution in [2.24, 2.45) is 11.7 Å². The minimum Gasteiger partial charge on any atom is -0.352 e. The number of hydrogen-bond acceptors (Lipinski definition) is 4. The van der Waals surface area contributed by atoms with Crippen molar-refractivity contribution in [2.45, 2.75) is 64.8 Å². The van der Waals surface area contributed by atoms with E-state index in [-0.39, 0.29) is 43.0 Å². The number of amides is 1. The normalized spacial score (nSPS) is 16.3. The number of nitrogens with two attached hydrogens (primary N) is 1. The third kappa shape index (κ3) is 5.87. The third-order valence-corrected chi connectivity index (χ3v) is 5.71. The Kier molecular flexibility index (Phi) is 8.95. The van der Waals surface area contributed by atoms with Crippen LogP contribution in [0.15, 0.2) is 6.07 Å². The Bertz CT molecular complexity index is 553. The maximum atomic E-state index is 12.2. The average Bonchev–Trinajstić information content (AvgIpc) is 2.89. The van der Waals surface area contributed by atoms with Crippen LogP contribution in [0, 0.1) is 19.8 Å². The van der Waals surface area contributed by atoms with Crippen LogP contribution in [0.4, 0.5) is 0 Å². The van der Waals surface area contributed by atoms with Gasteiger partial charge in [0.25, 0.3) is 0 Å². The second-order valence-corrected chi connectivity index (χ2v) is 8.02. The lowest BCUT2D eigenvalue weighted by atomic mass is 9.84. The molecule has 1 aromatic heterocycles. The largest absolute Gasteiger partial charge is 0.352 e. The molecular formula is C18H29ClN2O2S. The summed E-state index contributed by atoms with van der Waals surface area (Å²) < 4.78 is 0. The fraction of sp³-hybridized carbons (Fsp3) is 0.667. The SMILES string of the molecule is Cc1cc(C(=O)CCC(=O)NC(CN)C2CCCCC2)c(C)s1.Cl. The van der Waals surface area contributed by atoms with Gasteiger partial charge in [0, 0.05) is 40.7 Å². The number of carbonyl (C=O) groups is 2. The highest BCUT2D eigenvalue weighted by Gasteiger charge is 2.24. The van der Waals surface area contributed by atoms with E-state index in [9.17, 15) is 9.59 Å². The molecule has 136 valence electrons. The molecule has 1 heterocycles. The molecule has 1 unspecified atom stereocenters. The van der Waals surface area contributed by atoms with Crippen LogP contribution in [0.1, 0.15) is 65.1 Å². The van der Waals surface area contributed by atoms with Crippen molar-refractivity contribution >= 4 is 35.4 Å². The number of rotatable bonds is 7. The highest BCUT2D eigenvalue weighted by molar-refractivity contribution is 7.12. The molecule has 4 nitrogen and oxygen atoms in total. The highest BCUT2D eigenvalue weighted by atomic mass is 35.5. The Labute approximate surface area is 155 Å². The summed E-state index contributed by atoms with van der Waals surface area (Å²) >= 11 is 1.63. The van der Waals surface area contributed by atoms with E-state index in [2.05, 4.69) is 5.32 Å². The molecule has 1 aliphatic carbocycles. The first-order valence-corrected chi connectivity index (χ1v) is 9.42. The van der Waals surface area contributed by atoms with Crippen molar-refractivity contribution in [3.8, 4) is 0 Å². The molecule has 1 amide bonds. The van der Waals surface area contributed by atoms with Crippen LogP contribution in [-0.2, 0) is 4.79 Å². The van der Waals surface area contributed by atoms with Crippen molar-refractivity contribution in [2.75, 3.05) is 6.54 Å². The fourth-order valence-electron chi connectivity index (χ4n) is 3.45. The van der Waals surface area contributed by atoms with E-state index in [0.29, 0.717) is 12.5 Å². The van der Waals surface area contributed by atoms with Crippen molar-refractivity contribution in [1.82, 2.24) is 5.32 Å². The van der Waals surface area contributed by atoms with Gasteiger partial charge in [-0.3, -0.25) is 9.59 Å². The van der Waals surface area contributed by atoms with Gasteiger partial charge >= 0.3 is 0 Å². The van der Waals surface area contributed by atoms with Gasteiger partial charge in [-0.15, -0.1) is 23.7 Å². The molecule has 1 aliphatic rings. The summed E-state index contributed by atoms with van der Waals surface area (Å²) in [7, 11) is 0. The van der Waals surface area contributed by atoms with Crippen molar-refractivity contribution in [3.63, 3.8) is 0 Å². The van der Waals surface area contributed by atoms with E-state index in [1.807, 2.05) is 19.9 Å². The van der Waals surface area contributed by atoms with Crippen LogP contribution in [0.5, 0.6) is 0 Å². The predicted molar refractivity (Wildman–Crippen MR) is 102 cm³/mol. The Morgan fingerprint density at radius 3 is 2.46 bits per heavy atom. The minimum absolute atomic E-state index is 0. The smallest absolute Gasteiger partial charge is 0.220 e. The van der Waals surface area contributed by atoms with E-state index in [0.717, 1.165) is 28.2 Å². The summed E-state index contributed by atoms with van der Waals surface area (Å²) in [6.45, 7) is 4.43. The molecule has 0 saturated heterocycles. The van der Waals surface area contributed by atoms with E-state index in [1.165, 1.54) is 19.3 Å². The lowest BCUT2D eigenvalue weighted by molar-refractivity contribution is -0.122. The van der Waals surface area contributed by atoms with Gasteiger partial charge in [0.15, 0.2) is 5.78 Å². The highest BCUT2D eigenvalue weighted by Crippen LogP contribution is 2.26. The molecular weight excluding hydrogens is 344 g/mol. The number of hydrogen-bond donors (Lipinski definition) is 2. The second-order valence-electron chi connectivity index (χ2n) is 6.56. The van der Waals surface area contributed by atoms with Crippen LogP contribution < -0.4 is 11.1 Å². The molecule has 1 aromatic rings. The summed E-state index contributed by atoms with van der Waals surface area (Å²) in [4.78, 5) is 26.6. The predicted octanol–water partition coefficient (Wildman–Crippen LogP) is 3.77. The summed E-state index contributed by atoms with van der Waals surface area (Å²) in [5.74, 6) is 0.503. The zero-order chi connectivity index (χ0) is 16.8. The van der Waals surface area contributed by atoms with Crippen molar-refractivity contribution in [1.29, 1.82) is 0 Å². The molecule has 0 bridgehead atoms. The van der Waals surface area contributed by atoms with Gasteiger partial charge in [-0.2, -0.15) is 0 Å². The number of ketones is 1. The summed E-state index contributed by atoms with van der Waals surface area (Å²) in [5.41, 5.74) is 6.61. The van der Waals surface area contributed by atoms with Crippen LogP contribution >= 0.6 is 23.7 Å². The van der Waals surface area contributed by atoms with E-state index >= 15 is 0 Å². The Balaban J connectivity index is 0.00000288. The van der Waals surface area contributed by atoms with E-state index < -0.39 is 0 Å². The molecule has 0 aromatic carbocycles. The molecule has 0 aliphatic heterocycles. The second kappa shape index (κ2) is 10.2. The molecule has 2 rings (SSSR count). The van der Waals surface area contributed by atoms with Gasteiger partial charge in [0.05, 0.1) is 0 Å².